The Labute approximate surface area is 204 Å². The van der Waals surface area contributed by atoms with Gasteiger partial charge in [-0.3, -0.25) is 0 Å². The van der Waals surface area contributed by atoms with Gasteiger partial charge >= 0.3 is 6.36 Å². The van der Waals surface area contributed by atoms with E-state index in [0.29, 0.717) is 40.3 Å². The van der Waals surface area contributed by atoms with E-state index in [1.165, 1.54) is 12.1 Å². The molecule has 0 amide bonds. The minimum atomic E-state index is -4.84. The molecule has 0 bridgehead atoms. The minimum Gasteiger partial charge on any atom is -0.404 e. The molecule has 0 radical (unpaired) electrons. The first-order valence-corrected chi connectivity index (χ1v) is 12.0. The highest BCUT2D eigenvalue weighted by molar-refractivity contribution is 9.10. The Morgan fingerprint density at radius 2 is 1.91 bits per heavy atom. The number of unbranched alkanes of at least 4 members (excludes halogenated alkanes) is 1. The van der Waals surface area contributed by atoms with Gasteiger partial charge in [0.25, 0.3) is 0 Å². The van der Waals surface area contributed by atoms with Gasteiger partial charge in [-0.15, -0.1) is 13.2 Å². The van der Waals surface area contributed by atoms with Gasteiger partial charge in [0, 0.05) is 17.6 Å². The number of fused-ring (bicyclic) bond motifs is 1. The molecular formula is C23H26BrClF3N3O2. The summed E-state index contributed by atoms with van der Waals surface area (Å²) in [5, 5.41) is 12.7. The molecule has 0 saturated heterocycles. The van der Waals surface area contributed by atoms with Gasteiger partial charge in [0.1, 0.15) is 5.52 Å². The first-order valence-electron chi connectivity index (χ1n) is 10.8. The summed E-state index contributed by atoms with van der Waals surface area (Å²) in [4.78, 5) is 4.67. The average molecular weight is 549 g/mol. The number of aromatic nitrogens is 2. The zero-order valence-corrected chi connectivity index (χ0v) is 20.7. The summed E-state index contributed by atoms with van der Waals surface area (Å²) in [5.74, 6) is 0.262. The maximum absolute atomic E-state index is 13.0. The van der Waals surface area contributed by atoms with Crippen molar-refractivity contribution in [3.05, 3.63) is 45.4 Å². The van der Waals surface area contributed by atoms with E-state index in [-0.39, 0.29) is 24.0 Å². The van der Waals surface area contributed by atoms with E-state index >= 15 is 0 Å². The lowest BCUT2D eigenvalue weighted by Crippen LogP contribution is -2.18. The molecule has 180 valence electrons. The van der Waals surface area contributed by atoms with Crippen LogP contribution in [0.3, 0.4) is 0 Å². The zero-order valence-electron chi connectivity index (χ0n) is 18.3. The summed E-state index contributed by atoms with van der Waals surface area (Å²) in [6.45, 7) is 4.79. The van der Waals surface area contributed by atoms with Crippen molar-refractivity contribution >= 4 is 50.2 Å². The Morgan fingerprint density at radius 3 is 2.55 bits per heavy atom. The van der Waals surface area contributed by atoms with E-state index in [1.54, 1.807) is 6.07 Å². The van der Waals surface area contributed by atoms with Crippen molar-refractivity contribution in [3.63, 3.8) is 0 Å². The van der Waals surface area contributed by atoms with E-state index in [4.69, 9.17) is 11.6 Å². The third-order valence-corrected chi connectivity index (χ3v) is 6.31. The van der Waals surface area contributed by atoms with Crippen LogP contribution in [0.15, 0.2) is 34.8 Å². The molecule has 0 spiro atoms. The number of aliphatic hydroxyl groups excluding tert-OH is 1. The lowest BCUT2D eigenvalue weighted by molar-refractivity contribution is -0.274. The van der Waals surface area contributed by atoms with Gasteiger partial charge in [-0.25, -0.2) is 4.98 Å². The molecule has 0 aliphatic heterocycles. The normalized spacial score (nSPS) is 12.0. The summed E-state index contributed by atoms with van der Waals surface area (Å²) in [6.07, 6.45) is -1.74. The largest absolute Gasteiger partial charge is 0.573 e. The monoisotopic (exact) mass is 547 g/mol. The molecule has 0 fully saturated rings. The third kappa shape index (κ3) is 6.13. The van der Waals surface area contributed by atoms with Crippen molar-refractivity contribution in [3.8, 4) is 5.75 Å². The molecule has 3 aromatic rings. The second kappa shape index (κ2) is 11.0. The number of hydrogen-bond donors (Lipinski definition) is 2. The number of nitrogens with one attached hydrogen (secondary N) is 1. The quantitative estimate of drug-likeness (QED) is 0.254. The molecule has 0 saturated carbocycles. The predicted molar refractivity (Wildman–Crippen MR) is 128 cm³/mol. The van der Waals surface area contributed by atoms with Crippen LogP contribution >= 0.6 is 27.5 Å². The molecule has 2 N–H and O–H groups in total. The van der Waals surface area contributed by atoms with E-state index in [9.17, 15) is 18.3 Å². The predicted octanol–water partition coefficient (Wildman–Crippen LogP) is 7.77. The fraction of sp³-hybridized carbons (Fsp3) is 0.435. The molecule has 0 aliphatic rings. The fourth-order valence-corrected chi connectivity index (χ4v) is 4.45. The maximum atomic E-state index is 13.0. The smallest absolute Gasteiger partial charge is 0.404 e. The Kier molecular flexibility index (Phi) is 8.53. The maximum Gasteiger partial charge on any atom is 0.573 e. The molecule has 0 aliphatic carbocycles. The zero-order chi connectivity index (χ0) is 24.2. The number of halogens is 5. The standard InChI is InChI=1S/C23H26BrClF3N3O2/c1-3-14(4-2)16-8-9-17(25)20-21(16)31(11-5-6-12-32)22(30-20)29-18-10-7-15(24)13-19(18)33-23(26,27)28/h7-10,13-14,32H,3-6,11-12H2,1-2H3,(H,29,30). The molecule has 1 aromatic heterocycles. The second-order valence-corrected chi connectivity index (χ2v) is 9.00. The van der Waals surface area contributed by atoms with Crippen molar-refractivity contribution < 1.29 is 23.0 Å². The molecule has 2 aromatic carbocycles. The van der Waals surface area contributed by atoms with Crippen LogP contribution in [-0.4, -0.2) is 27.6 Å². The number of aryl methyl sites for hydroxylation is 1. The number of alkyl halides is 3. The van der Waals surface area contributed by atoms with Crippen molar-refractivity contribution in [2.24, 2.45) is 0 Å². The highest BCUT2D eigenvalue weighted by atomic mass is 79.9. The molecule has 3 rings (SSSR count). The number of imidazole rings is 1. The van der Waals surface area contributed by atoms with Gasteiger partial charge in [-0.2, -0.15) is 0 Å². The van der Waals surface area contributed by atoms with Gasteiger partial charge in [-0.05, 0) is 61.4 Å². The van der Waals surface area contributed by atoms with Crippen LogP contribution < -0.4 is 10.1 Å². The van der Waals surface area contributed by atoms with E-state index in [0.717, 1.165) is 23.9 Å². The van der Waals surface area contributed by atoms with Crippen LogP contribution in [-0.2, 0) is 6.54 Å². The summed E-state index contributed by atoms with van der Waals surface area (Å²) in [7, 11) is 0. The van der Waals surface area contributed by atoms with Crippen LogP contribution in [0.25, 0.3) is 11.0 Å². The van der Waals surface area contributed by atoms with Crippen molar-refractivity contribution in [1.82, 2.24) is 9.55 Å². The summed E-state index contributed by atoms with van der Waals surface area (Å²) in [6, 6.07) is 8.16. The minimum absolute atomic E-state index is 0.0475. The molecule has 10 heteroatoms. The Hall–Kier alpha value is -1.97. The summed E-state index contributed by atoms with van der Waals surface area (Å²) in [5.41, 5.74) is 2.65. The van der Waals surface area contributed by atoms with Crippen molar-refractivity contribution in [1.29, 1.82) is 0 Å². The summed E-state index contributed by atoms with van der Waals surface area (Å²) >= 11 is 9.67. The van der Waals surface area contributed by atoms with Gasteiger partial charge < -0.3 is 19.7 Å². The highest BCUT2D eigenvalue weighted by Gasteiger charge is 2.32. The number of nitrogens with zero attached hydrogens (tertiary/aromatic N) is 2. The van der Waals surface area contributed by atoms with Gasteiger partial charge in [0.05, 0.1) is 16.2 Å². The van der Waals surface area contributed by atoms with Gasteiger partial charge in [-0.1, -0.05) is 47.4 Å². The fourth-order valence-electron chi connectivity index (χ4n) is 3.91. The first-order chi connectivity index (χ1) is 15.7. The molecule has 1 heterocycles. The van der Waals surface area contributed by atoms with Gasteiger partial charge in [0.2, 0.25) is 5.95 Å². The SMILES string of the molecule is CCC(CC)c1ccc(Cl)c2nc(Nc3ccc(Br)cc3OC(F)(F)F)n(CCCCO)c12. The molecule has 0 atom stereocenters. The van der Waals surface area contributed by atoms with Crippen molar-refractivity contribution in [2.75, 3.05) is 11.9 Å². The number of anilines is 2. The van der Waals surface area contributed by atoms with E-state index < -0.39 is 6.36 Å². The van der Waals surface area contributed by atoms with E-state index in [1.807, 2.05) is 16.7 Å². The third-order valence-electron chi connectivity index (χ3n) is 5.51. The van der Waals surface area contributed by atoms with Crippen LogP contribution in [0.2, 0.25) is 5.02 Å². The topological polar surface area (TPSA) is 59.3 Å². The average Bonchev–Trinajstić information content (AvgIpc) is 3.10. The van der Waals surface area contributed by atoms with Crippen molar-refractivity contribution in [2.45, 2.75) is 58.4 Å². The Morgan fingerprint density at radius 1 is 1.18 bits per heavy atom. The second-order valence-electron chi connectivity index (χ2n) is 7.68. The van der Waals surface area contributed by atoms with Crippen LogP contribution in [0.4, 0.5) is 24.8 Å². The van der Waals surface area contributed by atoms with Crippen LogP contribution in [0.1, 0.15) is 51.0 Å². The number of ether oxygens (including phenoxy) is 1. The summed E-state index contributed by atoms with van der Waals surface area (Å²) < 4.78 is 45.6. The lowest BCUT2D eigenvalue weighted by atomic mass is 9.93. The number of aliphatic hydroxyl groups is 1. The first kappa shape index (κ1) is 25.6. The molecular weight excluding hydrogens is 523 g/mol. The molecule has 5 nitrogen and oxygen atoms in total. The molecule has 0 unspecified atom stereocenters. The Balaban J connectivity index is 2.16. The van der Waals surface area contributed by atoms with Crippen LogP contribution in [0, 0.1) is 0 Å². The number of rotatable bonds is 10. The highest BCUT2D eigenvalue weighted by Crippen LogP contribution is 2.39. The molecule has 33 heavy (non-hydrogen) atoms. The van der Waals surface area contributed by atoms with Crippen LogP contribution in [0.5, 0.6) is 5.75 Å². The van der Waals surface area contributed by atoms with Gasteiger partial charge in [0.15, 0.2) is 5.75 Å². The lowest BCUT2D eigenvalue weighted by Gasteiger charge is -2.18. The Bertz CT molecular complexity index is 1100. The number of hydrogen-bond acceptors (Lipinski definition) is 4. The van der Waals surface area contributed by atoms with E-state index in [2.05, 4.69) is 44.8 Å². The number of benzene rings is 2.